The van der Waals surface area contributed by atoms with Crippen LogP contribution in [0.15, 0.2) is 41.4 Å². The molecule has 0 spiro atoms. The summed E-state index contributed by atoms with van der Waals surface area (Å²) in [5, 5.41) is 2.32. The van der Waals surface area contributed by atoms with Crippen LogP contribution in [0.5, 0.6) is 0 Å². The largest absolute Gasteiger partial charge is 0.364 e. The van der Waals surface area contributed by atoms with Crippen LogP contribution < -0.4 is 5.32 Å². The summed E-state index contributed by atoms with van der Waals surface area (Å²) >= 11 is 0. The second-order valence-corrected chi connectivity index (χ2v) is 6.41. The molecule has 6 nitrogen and oxygen atoms in total. The molecule has 8 heteroatoms. The molecule has 0 aliphatic carbocycles. The molecule has 0 aliphatic heterocycles. The number of carbonyl (C=O) groups is 1. The van der Waals surface area contributed by atoms with E-state index in [1.54, 1.807) is 12.1 Å². The molecule has 0 atom stereocenters. The van der Waals surface area contributed by atoms with Crippen LogP contribution in [0, 0.1) is 12.7 Å². The lowest BCUT2D eigenvalue weighted by Crippen LogP contribution is -2.29. The van der Waals surface area contributed by atoms with Gasteiger partial charge in [-0.25, -0.2) is 16.8 Å². The average Bonchev–Trinajstić information content (AvgIpc) is 2.88. The van der Waals surface area contributed by atoms with Gasteiger partial charge in [-0.2, -0.15) is 0 Å². The van der Waals surface area contributed by atoms with Crippen molar-refractivity contribution in [3.05, 3.63) is 53.6 Å². The zero-order valence-corrected chi connectivity index (χ0v) is 12.9. The van der Waals surface area contributed by atoms with Crippen molar-refractivity contribution in [3.8, 4) is 0 Å². The van der Waals surface area contributed by atoms with E-state index in [1.165, 1.54) is 19.2 Å². The molecular weight excluding hydrogens is 311 g/mol. The van der Waals surface area contributed by atoms with Gasteiger partial charge in [0.05, 0.1) is 11.1 Å². The van der Waals surface area contributed by atoms with Gasteiger partial charge in [0.25, 0.3) is 15.9 Å². The predicted molar refractivity (Wildman–Crippen MR) is 77.5 cm³/mol. The number of nitrogens with one attached hydrogen (secondary N) is 1. The highest BCUT2D eigenvalue weighted by Gasteiger charge is 2.24. The first-order valence-electron chi connectivity index (χ1n) is 6.33. The summed E-state index contributed by atoms with van der Waals surface area (Å²) in [5.74, 6) is -1.57. The van der Waals surface area contributed by atoms with Gasteiger partial charge in [-0.3, -0.25) is 4.79 Å². The van der Waals surface area contributed by atoms with Crippen LogP contribution in [-0.2, 0) is 14.8 Å². The Morgan fingerprint density at radius 3 is 2.55 bits per heavy atom. The summed E-state index contributed by atoms with van der Waals surface area (Å²) in [6.07, 6.45) is 0.761. The van der Waals surface area contributed by atoms with Crippen molar-refractivity contribution in [2.24, 2.45) is 0 Å². The lowest BCUT2D eigenvalue weighted by Gasteiger charge is -2.10. The molecule has 0 saturated carbocycles. The summed E-state index contributed by atoms with van der Waals surface area (Å²) in [7, 11) is -2.70. The van der Waals surface area contributed by atoms with Crippen molar-refractivity contribution in [1.29, 1.82) is 0 Å². The maximum absolute atomic E-state index is 13.5. The van der Waals surface area contributed by atoms with E-state index in [0.29, 0.717) is 3.97 Å². The molecule has 1 aromatic heterocycles. The Morgan fingerprint density at radius 2 is 1.95 bits per heavy atom. The van der Waals surface area contributed by atoms with E-state index in [2.05, 4.69) is 10.1 Å². The van der Waals surface area contributed by atoms with Gasteiger partial charge in [-0.15, -0.1) is 0 Å². The highest BCUT2D eigenvalue weighted by molar-refractivity contribution is 7.90. The molecule has 0 radical (unpaired) electrons. The van der Waals surface area contributed by atoms with E-state index < -0.39 is 21.7 Å². The predicted octanol–water partition coefficient (Wildman–Crippen LogP) is 1.51. The molecule has 2 rings (SSSR count). The van der Waals surface area contributed by atoms with Gasteiger partial charge in [0.2, 0.25) is 0 Å². The number of hydrogen-bond donors (Lipinski definition) is 1. The van der Waals surface area contributed by atoms with Gasteiger partial charge in [-0.05, 0) is 19.1 Å². The number of hydrogen-bond acceptors (Lipinski definition) is 4. The Balaban J connectivity index is 2.47. The van der Waals surface area contributed by atoms with Crippen LogP contribution >= 0.6 is 0 Å². The molecule has 0 aliphatic rings. The monoisotopic (exact) mass is 326 g/mol. The molecule has 0 bridgehead atoms. The minimum Gasteiger partial charge on any atom is -0.364 e. The van der Waals surface area contributed by atoms with Crippen molar-refractivity contribution >= 4 is 15.9 Å². The quantitative estimate of drug-likeness (QED) is 0.845. The minimum absolute atomic E-state index is 0.0329. The summed E-state index contributed by atoms with van der Waals surface area (Å²) in [4.78, 5) is 11.9. The average molecular weight is 326 g/mol. The summed E-state index contributed by atoms with van der Waals surface area (Å²) in [6, 6.07) is 6.91. The van der Waals surface area contributed by atoms with E-state index in [9.17, 15) is 17.6 Å². The first kappa shape index (κ1) is 16.2. The number of carbonyl (C=O) groups excluding carboxylic acids is 1. The molecule has 0 unspecified atom stereocenters. The summed E-state index contributed by atoms with van der Waals surface area (Å²) in [6.45, 7) is 1.70. The number of amides is 1. The molecule has 2 aromatic rings. The molecule has 0 saturated heterocycles. The Bertz CT molecular complexity index is 782. The Labute approximate surface area is 127 Å². The van der Waals surface area contributed by atoms with Gasteiger partial charge < -0.3 is 10.1 Å². The van der Waals surface area contributed by atoms with Crippen LogP contribution in [0.3, 0.4) is 0 Å². The van der Waals surface area contributed by atoms with E-state index >= 15 is 0 Å². The van der Waals surface area contributed by atoms with Crippen LogP contribution in [-0.4, -0.2) is 32.1 Å². The maximum Gasteiger partial charge on any atom is 0.270 e. The molecular formula is C14H15FN2O4S. The first-order valence-corrected chi connectivity index (χ1v) is 7.77. The van der Waals surface area contributed by atoms with Gasteiger partial charge >= 0.3 is 0 Å². The fourth-order valence-corrected chi connectivity index (χ4v) is 3.17. The van der Waals surface area contributed by atoms with E-state index in [0.717, 1.165) is 17.8 Å². The van der Waals surface area contributed by atoms with E-state index in [-0.39, 0.29) is 17.3 Å². The molecule has 1 heterocycles. The fourth-order valence-electron chi connectivity index (χ4n) is 1.83. The van der Waals surface area contributed by atoms with Crippen molar-refractivity contribution in [1.82, 2.24) is 9.29 Å². The zero-order valence-electron chi connectivity index (χ0n) is 12.0. The molecule has 0 fully saturated rings. The number of aryl methyl sites for hydroxylation is 1. The van der Waals surface area contributed by atoms with Crippen LogP contribution in [0.1, 0.15) is 16.1 Å². The highest BCUT2D eigenvalue weighted by atomic mass is 32.2. The van der Waals surface area contributed by atoms with Gasteiger partial charge in [0, 0.05) is 13.2 Å². The fraction of sp³-hybridized carbons (Fsp3) is 0.214. The zero-order chi connectivity index (χ0) is 16.3. The normalized spacial score (nSPS) is 11.4. The standard InChI is InChI=1S/C14H15FN2O4S/c1-10-3-5-12(6-4-10)22(19,20)17-8-11(15)7-13(17)14(18)16-9-21-2/h3-8H,9H2,1-2H3,(H,16,18). The van der Waals surface area contributed by atoms with Gasteiger partial charge in [0.1, 0.15) is 18.2 Å². The van der Waals surface area contributed by atoms with Crippen LogP contribution in [0.4, 0.5) is 4.39 Å². The summed E-state index contributed by atoms with van der Waals surface area (Å²) in [5.41, 5.74) is 0.561. The lowest BCUT2D eigenvalue weighted by atomic mass is 10.2. The third kappa shape index (κ3) is 3.18. The second kappa shape index (κ2) is 6.29. The third-order valence-electron chi connectivity index (χ3n) is 2.94. The molecule has 118 valence electrons. The Morgan fingerprint density at radius 1 is 1.32 bits per heavy atom. The number of ether oxygens (including phenoxy) is 1. The van der Waals surface area contributed by atoms with Crippen molar-refractivity contribution in [2.75, 3.05) is 13.8 Å². The first-order chi connectivity index (χ1) is 10.4. The van der Waals surface area contributed by atoms with Crippen molar-refractivity contribution in [3.63, 3.8) is 0 Å². The van der Waals surface area contributed by atoms with E-state index in [1.807, 2.05) is 6.92 Å². The molecule has 1 aromatic carbocycles. The van der Waals surface area contributed by atoms with Gasteiger partial charge in [-0.1, -0.05) is 17.7 Å². The topological polar surface area (TPSA) is 77.4 Å². The maximum atomic E-state index is 13.5. The SMILES string of the molecule is COCNC(=O)c1cc(F)cn1S(=O)(=O)c1ccc(C)cc1. The number of halogens is 1. The lowest BCUT2D eigenvalue weighted by molar-refractivity contribution is 0.0866. The second-order valence-electron chi connectivity index (χ2n) is 4.60. The highest BCUT2D eigenvalue weighted by Crippen LogP contribution is 2.19. The molecule has 22 heavy (non-hydrogen) atoms. The summed E-state index contributed by atoms with van der Waals surface area (Å²) < 4.78 is 43.9. The number of nitrogens with zero attached hydrogens (tertiary/aromatic N) is 1. The third-order valence-corrected chi connectivity index (χ3v) is 4.63. The number of aromatic nitrogens is 1. The molecule has 1 N–H and O–H groups in total. The Hall–Kier alpha value is -2.19. The number of benzene rings is 1. The van der Waals surface area contributed by atoms with Crippen molar-refractivity contribution < 1.29 is 22.3 Å². The molecule has 1 amide bonds. The minimum atomic E-state index is -4.06. The van der Waals surface area contributed by atoms with Crippen LogP contribution in [0.2, 0.25) is 0 Å². The van der Waals surface area contributed by atoms with Gasteiger partial charge in [0.15, 0.2) is 0 Å². The number of methoxy groups -OCH3 is 1. The van der Waals surface area contributed by atoms with E-state index in [4.69, 9.17) is 0 Å². The smallest absolute Gasteiger partial charge is 0.270 e. The number of rotatable bonds is 5. The van der Waals surface area contributed by atoms with Crippen molar-refractivity contribution in [2.45, 2.75) is 11.8 Å². The Kier molecular flexibility index (Phi) is 4.62. The van der Waals surface area contributed by atoms with Crippen LogP contribution in [0.25, 0.3) is 0 Å².